The van der Waals surface area contributed by atoms with Crippen molar-refractivity contribution in [2.45, 2.75) is 69.9 Å². The Morgan fingerprint density at radius 3 is 2.63 bits per heavy atom. The molecule has 4 heteroatoms. The van der Waals surface area contributed by atoms with E-state index in [1.54, 1.807) is 6.92 Å². The van der Waals surface area contributed by atoms with Gasteiger partial charge < -0.3 is 14.6 Å². The molecule has 0 amide bonds. The van der Waals surface area contributed by atoms with Crippen molar-refractivity contribution in [2.75, 3.05) is 0 Å². The molecule has 0 radical (unpaired) electrons. The van der Waals surface area contributed by atoms with Crippen LogP contribution < -0.4 is 0 Å². The van der Waals surface area contributed by atoms with Gasteiger partial charge in [-0.25, -0.2) is 0 Å². The minimum atomic E-state index is -1.06. The lowest BCUT2D eigenvalue weighted by atomic mass is 9.59. The van der Waals surface area contributed by atoms with Crippen LogP contribution in [-0.4, -0.2) is 34.0 Å². The van der Waals surface area contributed by atoms with E-state index in [2.05, 4.69) is 20.8 Å². The second-order valence-corrected chi connectivity index (χ2v) is 7.79. The highest BCUT2D eigenvalue weighted by Crippen LogP contribution is 2.76. The first-order chi connectivity index (χ1) is 8.71. The molecule has 2 aliphatic carbocycles. The molecular weight excluding hydrogens is 244 g/mol. The summed E-state index contributed by atoms with van der Waals surface area (Å²) in [4.78, 5) is 12.1. The van der Waals surface area contributed by atoms with Crippen molar-refractivity contribution in [3.8, 4) is 0 Å². The second kappa shape index (κ2) is 2.86. The monoisotopic (exact) mass is 266 g/mol. The lowest BCUT2D eigenvalue weighted by Gasteiger charge is -2.50. The molecule has 2 aliphatic heterocycles. The molecule has 2 spiro atoms. The van der Waals surface area contributed by atoms with Crippen LogP contribution in [0.5, 0.6) is 0 Å². The topological polar surface area (TPSA) is 59.1 Å². The number of rotatable bonds is 0. The van der Waals surface area contributed by atoms with E-state index in [-0.39, 0.29) is 17.5 Å². The largest absolute Gasteiger partial charge is 0.452 e. The Balaban J connectivity index is 1.93. The van der Waals surface area contributed by atoms with Gasteiger partial charge in [-0.1, -0.05) is 20.8 Å². The van der Waals surface area contributed by atoms with Gasteiger partial charge >= 0.3 is 5.97 Å². The van der Waals surface area contributed by atoms with Gasteiger partial charge in [0, 0.05) is 6.42 Å². The molecular formula is C15H22O4. The van der Waals surface area contributed by atoms with Gasteiger partial charge in [-0.2, -0.15) is 0 Å². The van der Waals surface area contributed by atoms with Gasteiger partial charge in [-0.15, -0.1) is 0 Å². The van der Waals surface area contributed by atoms with Crippen LogP contribution in [-0.2, 0) is 14.3 Å². The summed E-state index contributed by atoms with van der Waals surface area (Å²) in [6.45, 7) is 8.27. The standard InChI is InChI=1S/C15H22O4/c1-8-5-6-13(17)9(2)10(16)18-14(13)7-12(3,4)11-15(8,14)19-11/h8-9,11,17H,5-7H2,1-4H3/t8-,9+,11+,13-,14+,15+/m0/s1. The molecule has 4 fully saturated rings. The molecule has 0 aromatic carbocycles. The average molecular weight is 266 g/mol. The minimum Gasteiger partial charge on any atom is -0.452 e. The Bertz CT molecular complexity index is 487. The van der Waals surface area contributed by atoms with E-state index in [4.69, 9.17) is 9.47 Å². The van der Waals surface area contributed by atoms with E-state index >= 15 is 0 Å². The first kappa shape index (κ1) is 12.2. The summed E-state index contributed by atoms with van der Waals surface area (Å²) in [6.07, 6.45) is 2.35. The summed E-state index contributed by atoms with van der Waals surface area (Å²) in [6, 6.07) is 0. The van der Waals surface area contributed by atoms with Crippen LogP contribution in [0.25, 0.3) is 0 Å². The molecule has 0 aromatic rings. The predicted octanol–water partition coefficient (Wildman–Crippen LogP) is 1.65. The van der Waals surface area contributed by atoms with Crippen molar-refractivity contribution in [3.05, 3.63) is 0 Å². The maximum absolute atomic E-state index is 12.1. The third-order valence-corrected chi connectivity index (χ3v) is 6.43. The normalized spacial score (nSPS) is 61.1. The second-order valence-electron chi connectivity index (χ2n) is 7.79. The molecule has 2 saturated heterocycles. The molecule has 106 valence electrons. The first-order valence-corrected chi connectivity index (χ1v) is 7.34. The zero-order valence-electron chi connectivity index (χ0n) is 12.0. The van der Waals surface area contributed by atoms with E-state index in [9.17, 15) is 9.90 Å². The SMILES string of the molecule is C[C@@H]1C(=O)O[C@@]23CC(C)(C)[C@H]4O[C@]42[C@@H](C)CC[C@]13O. The minimum absolute atomic E-state index is 0.0447. The predicted molar refractivity (Wildman–Crippen MR) is 67.3 cm³/mol. The molecule has 4 rings (SSSR count). The van der Waals surface area contributed by atoms with Crippen molar-refractivity contribution in [2.24, 2.45) is 17.3 Å². The molecule has 4 nitrogen and oxygen atoms in total. The maximum Gasteiger partial charge on any atom is 0.312 e. The Labute approximate surface area is 113 Å². The van der Waals surface area contributed by atoms with Gasteiger partial charge in [0.05, 0.1) is 12.0 Å². The van der Waals surface area contributed by atoms with Gasteiger partial charge in [0.1, 0.15) is 11.2 Å². The first-order valence-electron chi connectivity index (χ1n) is 7.34. The van der Waals surface area contributed by atoms with Crippen molar-refractivity contribution in [3.63, 3.8) is 0 Å². The lowest BCUT2D eigenvalue weighted by molar-refractivity contribution is -0.210. The van der Waals surface area contributed by atoms with Crippen molar-refractivity contribution in [1.82, 2.24) is 0 Å². The number of carbonyl (C=O) groups excluding carboxylic acids is 1. The van der Waals surface area contributed by atoms with Gasteiger partial charge in [-0.05, 0) is 31.1 Å². The van der Waals surface area contributed by atoms with Gasteiger partial charge in [0.25, 0.3) is 0 Å². The molecule has 2 heterocycles. The van der Waals surface area contributed by atoms with E-state index in [0.29, 0.717) is 18.8 Å². The highest BCUT2D eigenvalue weighted by atomic mass is 16.7. The molecule has 0 aromatic heterocycles. The summed E-state index contributed by atoms with van der Waals surface area (Å²) in [5.74, 6) is -0.379. The summed E-state index contributed by atoms with van der Waals surface area (Å²) in [5.41, 5.74) is -2.36. The Kier molecular flexibility index (Phi) is 1.83. The zero-order valence-corrected chi connectivity index (χ0v) is 12.0. The highest BCUT2D eigenvalue weighted by molar-refractivity contribution is 5.79. The van der Waals surface area contributed by atoms with Crippen LogP contribution in [0.2, 0.25) is 0 Å². The number of epoxide rings is 1. The number of ether oxygens (including phenoxy) is 2. The summed E-state index contributed by atoms with van der Waals surface area (Å²) in [7, 11) is 0. The van der Waals surface area contributed by atoms with Gasteiger partial charge in [0.2, 0.25) is 0 Å². The fraction of sp³-hybridized carbons (Fsp3) is 0.933. The Morgan fingerprint density at radius 1 is 1.32 bits per heavy atom. The fourth-order valence-electron chi connectivity index (χ4n) is 5.42. The van der Waals surface area contributed by atoms with Crippen molar-refractivity contribution in [1.29, 1.82) is 0 Å². The molecule has 4 aliphatic rings. The van der Waals surface area contributed by atoms with E-state index in [0.717, 1.165) is 6.42 Å². The molecule has 1 N–H and O–H groups in total. The number of hydrogen-bond acceptors (Lipinski definition) is 4. The van der Waals surface area contributed by atoms with E-state index in [1.165, 1.54) is 0 Å². The zero-order chi connectivity index (χ0) is 13.8. The van der Waals surface area contributed by atoms with E-state index < -0.39 is 22.7 Å². The summed E-state index contributed by atoms with van der Waals surface area (Å²) in [5, 5.41) is 11.2. The van der Waals surface area contributed by atoms with Crippen LogP contribution in [0.15, 0.2) is 0 Å². The Hall–Kier alpha value is -0.610. The van der Waals surface area contributed by atoms with Crippen LogP contribution in [0, 0.1) is 17.3 Å². The van der Waals surface area contributed by atoms with Crippen molar-refractivity contribution >= 4 is 5.97 Å². The third kappa shape index (κ3) is 0.963. The number of hydrogen-bond donors (Lipinski definition) is 1. The molecule has 19 heavy (non-hydrogen) atoms. The summed E-state index contributed by atoms with van der Waals surface area (Å²) >= 11 is 0. The number of esters is 1. The number of carbonyl (C=O) groups is 1. The van der Waals surface area contributed by atoms with Crippen LogP contribution in [0.4, 0.5) is 0 Å². The molecule has 2 saturated carbocycles. The number of aliphatic hydroxyl groups is 1. The maximum atomic E-state index is 12.1. The third-order valence-electron chi connectivity index (χ3n) is 6.43. The molecule has 6 atom stereocenters. The van der Waals surface area contributed by atoms with E-state index in [1.807, 2.05) is 0 Å². The van der Waals surface area contributed by atoms with Gasteiger partial charge in [0.15, 0.2) is 5.60 Å². The van der Waals surface area contributed by atoms with Crippen LogP contribution in [0.1, 0.15) is 47.0 Å². The average Bonchev–Trinajstić information content (AvgIpc) is 3.00. The smallest absolute Gasteiger partial charge is 0.312 e. The quantitative estimate of drug-likeness (QED) is 0.535. The highest BCUT2D eigenvalue weighted by Gasteiger charge is 2.91. The van der Waals surface area contributed by atoms with Crippen LogP contribution in [0.3, 0.4) is 0 Å². The molecule has 0 unspecified atom stereocenters. The van der Waals surface area contributed by atoms with Crippen LogP contribution >= 0.6 is 0 Å². The fourth-order valence-corrected chi connectivity index (χ4v) is 5.42. The van der Waals surface area contributed by atoms with Gasteiger partial charge in [-0.3, -0.25) is 4.79 Å². The lowest BCUT2D eigenvalue weighted by Crippen LogP contribution is -2.66. The van der Waals surface area contributed by atoms with Crippen molar-refractivity contribution < 1.29 is 19.4 Å². The Morgan fingerprint density at radius 2 is 2.00 bits per heavy atom. The summed E-state index contributed by atoms with van der Waals surface area (Å²) < 4.78 is 11.9. The molecule has 0 bridgehead atoms.